The molecule has 1 atom stereocenters. The zero-order valence-corrected chi connectivity index (χ0v) is 12.0. The summed E-state index contributed by atoms with van der Waals surface area (Å²) in [6, 6.07) is 9.56. The average molecular weight is 331 g/mol. The molecule has 1 unspecified atom stereocenters. The van der Waals surface area contributed by atoms with E-state index < -0.39 is 0 Å². The van der Waals surface area contributed by atoms with Crippen LogP contribution in [0.5, 0.6) is 0 Å². The van der Waals surface area contributed by atoms with Gasteiger partial charge in [0.05, 0.1) is 0 Å². The number of pyridine rings is 1. The van der Waals surface area contributed by atoms with Gasteiger partial charge in [-0.05, 0) is 41.8 Å². The number of hydrogen-bond donors (Lipinski definition) is 0. The lowest BCUT2D eigenvalue weighted by atomic mass is 10.1. The van der Waals surface area contributed by atoms with Crippen molar-refractivity contribution in [2.75, 3.05) is 0 Å². The summed E-state index contributed by atoms with van der Waals surface area (Å²) in [5.74, 6) is 0. The maximum absolute atomic E-state index is 6.16. The van der Waals surface area contributed by atoms with Gasteiger partial charge in [0, 0.05) is 27.3 Å². The van der Waals surface area contributed by atoms with Crippen LogP contribution in [0.1, 0.15) is 16.0 Å². The van der Waals surface area contributed by atoms with Gasteiger partial charge in [-0.25, -0.2) is 0 Å². The molecule has 0 saturated heterocycles. The van der Waals surface area contributed by atoms with Crippen LogP contribution < -0.4 is 0 Å². The van der Waals surface area contributed by atoms with Gasteiger partial charge in [0.15, 0.2) is 0 Å². The molecule has 0 bridgehead atoms. The van der Waals surface area contributed by atoms with Gasteiger partial charge in [0.2, 0.25) is 0 Å². The zero-order valence-electron chi connectivity index (χ0n) is 8.91. The Kier molecular flexibility index (Phi) is 4.43. The molecule has 0 fully saturated rings. The molecule has 0 spiro atoms. The summed E-state index contributed by atoms with van der Waals surface area (Å²) in [6.07, 6.45) is 4.45. The molecule has 0 aliphatic heterocycles. The minimum Gasteiger partial charge on any atom is -0.265 e. The molecule has 0 aliphatic rings. The Morgan fingerprint density at radius 3 is 2.47 bits per heavy atom. The molecular formula is C13H10BrCl2N. The number of nitrogens with zero attached hydrogens (tertiary/aromatic N) is 1. The van der Waals surface area contributed by atoms with E-state index in [0.29, 0.717) is 10.0 Å². The number of benzene rings is 1. The lowest BCUT2D eigenvalue weighted by molar-refractivity contribution is 0.945. The summed E-state index contributed by atoms with van der Waals surface area (Å²) >= 11 is 15.7. The molecule has 0 amide bonds. The highest BCUT2D eigenvalue weighted by Crippen LogP contribution is 2.33. The Hall–Kier alpha value is -0.570. The predicted molar refractivity (Wildman–Crippen MR) is 76.1 cm³/mol. The summed E-state index contributed by atoms with van der Waals surface area (Å²) in [4.78, 5) is 4.17. The fourth-order valence-electron chi connectivity index (χ4n) is 1.59. The molecule has 0 radical (unpaired) electrons. The van der Waals surface area contributed by atoms with Gasteiger partial charge < -0.3 is 0 Å². The summed E-state index contributed by atoms with van der Waals surface area (Å²) in [5.41, 5.74) is 2.26. The molecule has 0 aliphatic carbocycles. The van der Waals surface area contributed by atoms with Crippen LogP contribution in [0.15, 0.2) is 42.7 Å². The van der Waals surface area contributed by atoms with Gasteiger partial charge >= 0.3 is 0 Å². The van der Waals surface area contributed by atoms with E-state index in [2.05, 4.69) is 20.9 Å². The van der Waals surface area contributed by atoms with Crippen LogP contribution in [-0.2, 0) is 6.42 Å². The molecule has 0 N–H and O–H groups in total. The summed E-state index contributed by atoms with van der Waals surface area (Å²) in [5, 5.41) is 1.34. The molecule has 1 nitrogen and oxygen atoms in total. The number of halogens is 3. The van der Waals surface area contributed by atoms with Crippen molar-refractivity contribution in [1.82, 2.24) is 4.98 Å². The number of alkyl halides is 1. The van der Waals surface area contributed by atoms with E-state index in [-0.39, 0.29) is 4.83 Å². The van der Waals surface area contributed by atoms with Gasteiger partial charge in [0.25, 0.3) is 0 Å². The summed E-state index contributed by atoms with van der Waals surface area (Å²) < 4.78 is 0. The first-order chi connectivity index (χ1) is 8.16. The second-order valence-electron chi connectivity index (χ2n) is 3.69. The van der Waals surface area contributed by atoms with E-state index in [1.54, 1.807) is 18.5 Å². The SMILES string of the molecule is Clc1ccc(C(Br)Cc2ccncc2)c(Cl)c1. The smallest absolute Gasteiger partial charge is 0.0464 e. The highest BCUT2D eigenvalue weighted by Gasteiger charge is 2.12. The quantitative estimate of drug-likeness (QED) is 0.716. The monoisotopic (exact) mass is 329 g/mol. The number of hydrogen-bond acceptors (Lipinski definition) is 1. The van der Waals surface area contributed by atoms with Crippen LogP contribution >= 0.6 is 39.1 Å². The third-order valence-electron chi connectivity index (χ3n) is 2.46. The fraction of sp³-hybridized carbons (Fsp3) is 0.154. The first kappa shape index (κ1) is 12.9. The molecule has 4 heteroatoms. The highest BCUT2D eigenvalue weighted by molar-refractivity contribution is 9.09. The van der Waals surface area contributed by atoms with Crippen molar-refractivity contribution in [3.63, 3.8) is 0 Å². The Labute approximate surface area is 119 Å². The molecular weight excluding hydrogens is 321 g/mol. The standard InChI is InChI=1S/C13H10BrCl2N/c14-12(7-9-3-5-17-6-4-9)11-2-1-10(15)8-13(11)16/h1-6,8,12H,7H2. The minimum atomic E-state index is 0.176. The molecule has 17 heavy (non-hydrogen) atoms. The van der Waals surface area contributed by atoms with E-state index in [4.69, 9.17) is 23.2 Å². The molecule has 1 aromatic carbocycles. The van der Waals surface area contributed by atoms with Crippen molar-refractivity contribution in [3.8, 4) is 0 Å². The normalized spacial score (nSPS) is 12.4. The van der Waals surface area contributed by atoms with Gasteiger partial charge in [0.1, 0.15) is 0 Å². The summed E-state index contributed by atoms with van der Waals surface area (Å²) in [7, 11) is 0. The van der Waals surface area contributed by atoms with Crippen molar-refractivity contribution in [2.45, 2.75) is 11.2 Å². The average Bonchev–Trinajstić information content (AvgIpc) is 2.30. The van der Waals surface area contributed by atoms with E-state index in [0.717, 1.165) is 12.0 Å². The largest absolute Gasteiger partial charge is 0.265 e. The Morgan fingerprint density at radius 1 is 1.12 bits per heavy atom. The second kappa shape index (κ2) is 5.85. The second-order valence-corrected chi connectivity index (χ2v) is 5.64. The first-order valence-electron chi connectivity index (χ1n) is 5.15. The Bertz CT molecular complexity index is 502. The molecule has 0 saturated carbocycles. The lowest BCUT2D eigenvalue weighted by Crippen LogP contribution is -1.96. The third-order valence-corrected chi connectivity index (χ3v) is 3.84. The predicted octanol–water partition coefficient (Wildman–Crippen LogP) is 5.07. The fourth-order valence-corrected chi connectivity index (χ4v) is 3.04. The highest BCUT2D eigenvalue weighted by atomic mass is 79.9. The van der Waals surface area contributed by atoms with Crippen molar-refractivity contribution >= 4 is 39.1 Å². The van der Waals surface area contributed by atoms with Crippen molar-refractivity contribution < 1.29 is 0 Å². The van der Waals surface area contributed by atoms with E-state index >= 15 is 0 Å². The van der Waals surface area contributed by atoms with Crippen LogP contribution in [0.25, 0.3) is 0 Å². The van der Waals surface area contributed by atoms with E-state index in [1.165, 1.54) is 5.56 Å². The zero-order chi connectivity index (χ0) is 12.3. The first-order valence-corrected chi connectivity index (χ1v) is 6.82. The lowest BCUT2D eigenvalue weighted by Gasteiger charge is -2.12. The topological polar surface area (TPSA) is 12.9 Å². The van der Waals surface area contributed by atoms with Gasteiger partial charge in [-0.15, -0.1) is 0 Å². The number of aromatic nitrogens is 1. The molecule has 88 valence electrons. The van der Waals surface area contributed by atoms with Gasteiger partial charge in [-0.1, -0.05) is 45.2 Å². The molecule has 2 aromatic rings. The van der Waals surface area contributed by atoms with E-state index in [1.807, 2.05) is 24.3 Å². The van der Waals surface area contributed by atoms with Crippen molar-refractivity contribution in [3.05, 3.63) is 63.9 Å². The molecule has 1 aromatic heterocycles. The summed E-state index contributed by atoms with van der Waals surface area (Å²) in [6.45, 7) is 0. The Morgan fingerprint density at radius 2 is 1.82 bits per heavy atom. The maximum atomic E-state index is 6.16. The van der Waals surface area contributed by atoms with Gasteiger partial charge in [-0.3, -0.25) is 4.98 Å². The van der Waals surface area contributed by atoms with Crippen LogP contribution in [0, 0.1) is 0 Å². The van der Waals surface area contributed by atoms with Crippen LogP contribution in [0.4, 0.5) is 0 Å². The maximum Gasteiger partial charge on any atom is 0.0464 e. The van der Waals surface area contributed by atoms with Gasteiger partial charge in [-0.2, -0.15) is 0 Å². The molecule has 2 rings (SSSR count). The van der Waals surface area contributed by atoms with Crippen LogP contribution in [0.2, 0.25) is 10.0 Å². The van der Waals surface area contributed by atoms with Crippen LogP contribution in [-0.4, -0.2) is 4.98 Å². The molecule has 1 heterocycles. The van der Waals surface area contributed by atoms with Crippen molar-refractivity contribution in [2.24, 2.45) is 0 Å². The van der Waals surface area contributed by atoms with Crippen LogP contribution in [0.3, 0.4) is 0 Å². The Balaban J connectivity index is 2.17. The number of rotatable bonds is 3. The van der Waals surface area contributed by atoms with Crippen molar-refractivity contribution in [1.29, 1.82) is 0 Å². The third kappa shape index (κ3) is 3.44. The minimum absolute atomic E-state index is 0.176. The van der Waals surface area contributed by atoms with E-state index in [9.17, 15) is 0 Å².